The minimum absolute atomic E-state index is 1.05. The topological polar surface area (TPSA) is 12.9 Å². The summed E-state index contributed by atoms with van der Waals surface area (Å²) in [5, 5.41) is 1.20. The van der Waals surface area contributed by atoms with E-state index in [1.807, 2.05) is 0 Å². The van der Waals surface area contributed by atoms with Gasteiger partial charge in [-0.3, -0.25) is 0 Å². The van der Waals surface area contributed by atoms with Crippen LogP contribution in [0.25, 0.3) is 22.2 Å². The minimum atomic E-state index is 1.05. The predicted octanol–water partition coefficient (Wildman–Crippen LogP) is 5.08. The summed E-state index contributed by atoms with van der Waals surface area (Å²) in [4.78, 5) is 4.84. The molecule has 0 aliphatic rings. The summed E-state index contributed by atoms with van der Waals surface area (Å²) in [7, 11) is 0. The van der Waals surface area contributed by atoms with Crippen LogP contribution in [0.2, 0.25) is 0 Å². The number of rotatable bonds is 2. The van der Waals surface area contributed by atoms with E-state index in [1.165, 1.54) is 27.6 Å². The van der Waals surface area contributed by atoms with Crippen LogP contribution in [0, 0.1) is 13.8 Å². The normalized spacial score (nSPS) is 10.9. The van der Waals surface area contributed by atoms with E-state index in [1.54, 1.807) is 0 Å². The summed E-state index contributed by atoms with van der Waals surface area (Å²) < 4.78 is 0. The fourth-order valence-corrected chi connectivity index (χ4v) is 2.67. The van der Waals surface area contributed by atoms with Gasteiger partial charge in [-0.05, 0) is 50.1 Å². The Kier molecular flexibility index (Phi) is 3.27. The molecule has 1 heteroatoms. The first-order chi connectivity index (χ1) is 9.65. The lowest BCUT2D eigenvalue weighted by molar-refractivity contribution is 1.14. The number of benzene rings is 2. The molecule has 3 aromatic rings. The average molecular weight is 261 g/mol. The quantitative estimate of drug-likeness (QED) is 0.626. The van der Waals surface area contributed by atoms with Gasteiger partial charge in [0, 0.05) is 10.9 Å². The van der Waals surface area contributed by atoms with Gasteiger partial charge in [0.2, 0.25) is 0 Å². The molecule has 0 spiro atoms. The maximum absolute atomic E-state index is 4.84. The molecule has 20 heavy (non-hydrogen) atoms. The molecule has 0 saturated carbocycles. The number of hydrogen-bond donors (Lipinski definition) is 0. The van der Waals surface area contributed by atoms with Crippen LogP contribution in [0.1, 0.15) is 23.6 Å². The van der Waals surface area contributed by atoms with Crippen molar-refractivity contribution in [2.45, 2.75) is 27.2 Å². The Morgan fingerprint density at radius 1 is 0.850 bits per heavy atom. The molecule has 0 amide bonds. The first-order valence-electron chi connectivity index (χ1n) is 7.14. The lowest BCUT2D eigenvalue weighted by Crippen LogP contribution is -1.89. The molecular formula is C19H19N. The summed E-state index contributed by atoms with van der Waals surface area (Å²) >= 11 is 0. The Bertz CT molecular complexity index is 752. The summed E-state index contributed by atoms with van der Waals surface area (Å²) in [6, 6.07) is 17.4. The molecule has 0 fully saturated rings. The number of hydrogen-bond acceptors (Lipinski definition) is 1. The molecule has 0 unspecified atom stereocenters. The average Bonchev–Trinajstić information content (AvgIpc) is 2.45. The van der Waals surface area contributed by atoms with Gasteiger partial charge in [-0.15, -0.1) is 0 Å². The van der Waals surface area contributed by atoms with Gasteiger partial charge in [0.1, 0.15) is 0 Å². The van der Waals surface area contributed by atoms with E-state index in [9.17, 15) is 0 Å². The fourth-order valence-electron chi connectivity index (χ4n) is 2.67. The summed E-state index contributed by atoms with van der Waals surface area (Å²) in [5.74, 6) is 0. The van der Waals surface area contributed by atoms with Crippen molar-refractivity contribution < 1.29 is 0 Å². The Balaban J connectivity index is 2.16. The van der Waals surface area contributed by atoms with Crippen molar-refractivity contribution in [2.24, 2.45) is 0 Å². The molecular weight excluding hydrogens is 242 g/mol. The van der Waals surface area contributed by atoms with Crippen LogP contribution in [-0.2, 0) is 6.42 Å². The molecule has 0 atom stereocenters. The van der Waals surface area contributed by atoms with Crippen molar-refractivity contribution in [1.82, 2.24) is 4.98 Å². The van der Waals surface area contributed by atoms with Crippen LogP contribution < -0.4 is 0 Å². The van der Waals surface area contributed by atoms with E-state index < -0.39 is 0 Å². The molecule has 0 aliphatic carbocycles. The molecule has 3 rings (SSSR count). The molecule has 0 N–H and O–H groups in total. The first-order valence-corrected chi connectivity index (χ1v) is 7.14. The minimum Gasteiger partial charge on any atom is -0.248 e. The summed E-state index contributed by atoms with van der Waals surface area (Å²) in [6.07, 6.45) is 1.05. The van der Waals surface area contributed by atoms with Crippen molar-refractivity contribution in [1.29, 1.82) is 0 Å². The summed E-state index contributed by atoms with van der Waals surface area (Å²) in [6.45, 7) is 6.44. The smallest absolute Gasteiger partial charge is 0.0712 e. The van der Waals surface area contributed by atoms with Crippen LogP contribution in [0.3, 0.4) is 0 Å². The zero-order valence-corrected chi connectivity index (χ0v) is 12.3. The van der Waals surface area contributed by atoms with Crippen LogP contribution in [0.15, 0.2) is 48.5 Å². The third kappa shape index (κ3) is 2.44. The highest BCUT2D eigenvalue weighted by molar-refractivity contribution is 5.82. The number of aryl methyl sites for hydroxylation is 3. The van der Waals surface area contributed by atoms with Gasteiger partial charge < -0.3 is 0 Å². The highest BCUT2D eigenvalue weighted by atomic mass is 14.7. The molecule has 1 nitrogen and oxygen atoms in total. The second-order valence-electron chi connectivity index (χ2n) is 5.45. The third-order valence-electron chi connectivity index (χ3n) is 3.68. The third-order valence-corrected chi connectivity index (χ3v) is 3.68. The largest absolute Gasteiger partial charge is 0.248 e. The van der Waals surface area contributed by atoms with Crippen molar-refractivity contribution >= 4 is 10.9 Å². The lowest BCUT2D eigenvalue weighted by Gasteiger charge is -2.07. The van der Waals surface area contributed by atoms with Crippen LogP contribution in [0.5, 0.6) is 0 Å². The van der Waals surface area contributed by atoms with Gasteiger partial charge in [-0.25, -0.2) is 4.98 Å². The molecule has 0 radical (unpaired) electrons. The van der Waals surface area contributed by atoms with Gasteiger partial charge in [0.25, 0.3) is 0 Å². The standard InChI is InChI=1S/C19H19N/c1-4-15-5-6-16-7-8-18(20-19(16)12-15)17-10-13(2)9-14(3)11-17/h5-12H,4H2,1-3H3. The van der Waals surface area contributed by atoms with Gasteiger partial charge in [0.05, 0.1) is 11.2 Å². The maximum Gasteiger partial charge on any atom is 0.0712 e. The van der Waals surface area contributed by atoms with Crippen LogP contribution in [-0.4, -0.2) is 4.98 Å². The van der Waals surface area contributed by atoms with E-state index in [4.69, 9.17) is 4.98 Å². The number of pyridine rings is 1. The predicted molar refractivity (Wildman–Crippen MR) is 86.0 cm³/mol. The monoisotopic (exact) mass is 261 g/mol. The van der Waals surface area contributed by atoms with E-state index in [-0.39, 0.29) is 0 Å². The second-order valence-corrected chi connectivity index (χ2v) is 5.45. The van der Waals surface area contributed by atoms with Gasteiger partial charge in [0.15, 0.2) is 0 Å². The maximum atomic E-state index is 4.84. The van der Waals surface area contributed by atoms with E-state index in [2.05, 4.69) is 69.3 Å². The van der Waals surface area contributed by atoms with E-state index in [0.29, 0.717) is 0 Å². The van der Waals surface area contributed by atoms with Crippen LogP contribution >= 0.6 is 0 Å². The zero-order chi connectivity index (χ0) is 14.1. The zero-order valence-electron chi connectivity index (χ0n) is 12.3. The van der Waals surface area contributed by atoms with Gasteiger partial charge in [-0.1, -0.05) is 42.3 Å². The molecule has 0 bridgehead atoms. The van der Waals surface area contributed by atoms with Gasteiger partial charge >= 0.3 is 0 Å². The molecule has 2 aromatic carbocycles. The molecule has 1 aromatic heterocycles. The second kappa shape index (κ2) is 5.09. The van der Waals surface area contributed by atoms with Crippen molar-refractivity contribution in [2.75, 3.05) is 0 Å². The Morgan fingerprint density at radius 2 is 1.55 bits per heavy atom. The van der Waals surface area contributed by atoms with Crippen molar-refractivity contribution in [3.8, 4) is 11.3 Å². The van der Waals surface area contributed by atoms with E-state index >= 15 is 0 Å². The lowest BCUT2D eigenvalue weighted by atomic mass is 10.0. The van der Waals surface area contributed by atoms with Crippen LogP contribution in [0.4, 0.5) is 0 Å². The van der Waals surface area contributed by atoms with Crippen molar-refractivity contribution in [3.63, 3.8) is 0 Å². The fraction of sp³-hybridized carbons (Fsp3) is 0.211. The SMILES string of the molecule is CCc1ccc2ccc(-c3cc(C)cc(C)c3)nc2c1. The molecule has 0 aliphatic heterocycles. The molecule has 0 saturated heterocycles. The first kappa shape index (κ1) is 12.9. The number of nitrogens with zero attached hydrogens (tertiary/aromatic N) is 1. The Labute approximate surface area is 120 Å². The van der Waals surface area contributed by atoms with Crippen molar-refractivity contribution in [3.05, 3.63) is 65.2 Å². The molecule has 100 valence electrons. The Morgan fingerprint density at radius 3 is 2.25 bits per heavy atom. The molecule has 1 heterocycles. The highest BCUT2D eigenvalue weighted by Crippen LogP contribution is 2.24. The van der Waals surface area contributed by atoms with Gasteiger partial charge in [-0.2, -0.15) is 0 Å². The Hall–Kier alpha value is -2.15. The summed E-state index contributed by atoms with van der Waals surface area (Å²) in [5.41, 5.74) is 7.24. The highest BCUT2D eigenvalue weighted by Gasteiger charge is 2.03. The number of fused-ring (bicyclic) bond motifs is 1. The van der Waals surface area contributed by atoms with E-state index in [0.717, 1.165) is 17.6 Å². The number of aromatic nitrogens is 1.